The normalized spacial score (nSPS) is 11.0. The summed E-state index contributed by atoms with van der Waals surface area (Å²) in [5, 5.41) is 75.9. The van der Waals surface area contributed by atoms with E-state index >= 15 is 0 Å². The van der Waals surface area contributed by atoms with Crippen molar-refractivity contribution >= 4 is 13.8 Å². The summed E-state index contributed by atoms with van der Waals surface area (Å²) < 4.78 is 8.88. The number of carboxylic acids is 1. The summed E-state index contributed by atoms with van der Waals surface area (Å²) in [7, 11) is -4.64. The van der Waals surface area contributed by atoms with Gasteiger partial charge in [-0.05, 0) is 6.92 Å². The molecule has 0 heterocycles. The van der Waals surface area contributed by atoms with Crippen LogP contribution in [0.25, 0.3) is 0 Å². The monoisotopic (exact) mass is 456 g/mol. The van der Waals surface area contributed by atoms with Gasteiger partial charge in [-0.25, -0.2) is 9.36 Å². The number of aliphatic hydroxyl groups is 8. The topological polar surface area (TPSA) is 277 Å². The second-order valence-electron chi connectivity index (χ2n) is 5.86. The Balaban J connectivity index is -0.000000148. The molecule has 0 saturated heterocycles. The molecule has 0 saturated carbocycles. The molecule has 0 aliphatic carbocycles. The van der Waals surface area contributed by atoms with Gasteiger partial charge in [0.1, 0.15) is 0 Å². The lowest BCUT2D eigenvalue weighted by molar-refractivity contribution is -0.132. The van der Waals surface area contributed by atoms with Crippen LogP contribution >= 0.6 is 7.82 Å². The molecule has 0 unspecified atom stereocenters. The van der Waals surface area contributed by atoms with Gasteiger partial charge in [-0.1, -0.05) is 6.58 Å². The quantitative estimate of drug-likeness (QED) is 0.115. The van der Waals surface area contributed by atoms with E-state index in [4.69, 9.17) is 65.2 Å². The van der Waals surface area contributed by atoms with E-state index in [-0.39, 0.29) is 5.57 Å². The average molecular weight is 456 g/mol. The van der Waals surface area contributed by atoms with Gasteiger partial charge in [0.2, 0.25) is 0 Å². The summed E-state index contributed by atoms with van der Waals surface area (Å²) in [6.45, 7) is 1.35. The minimum absolute atomic E-state index is 0.176. The first-order valence-electron chi connectivity index (χ1n) is 7.67. The Morgan fingerprint density at radius 2 is 0.793 bits per heavy atom. The van der Waals surface area contributed by atoms with E-state index in [1.807, 2.05) is 0 Å². The molecule has 0 atom stereocenters. The number of rotatable bonds is 9. The summed E-state index contributed by atoms with van der Waals surface area (Å²) in [4.78, 5) is 31.2. The highest BCUT2D eigenvalue weighted by Gasteiger charge is 2.27. The van der Waals surface area contributed by atoms with Gasteiger partial charge >= 0.3 is 13.8 Å². The van der Waals surface area contributed by atoms with Gasteiger partial charge in [-0.15, -0.1) is 0 Å². The van der Waals surface area contributed by atoms with E-state index < -0.39 is 77.5 Å². The standard InChI is InChI=1S/2C5H12O4.C4H6O2.H3O4P/c2*6-1-5(2-7,3-8)4-9;1-3(2)4(5)6;1-5(2,3)4/h2*6-9H,1-4H2;1H2,2H3,(H,5,6);(H3,1,2,3,4). The first-order chi connectivity index (χ1) is 13.1. The van der Waals surface area contributed by atoms with Crippen LogP contribution in [0.4, 0.5) is 0 Å². The number of carboxylic acid groups (broad SMARTS) is 1. The van der Waals surface area contributed by atoms with Crippen LogP contribution < -0.4 is 0 Å². The maximum absolute atomic E-state index is 9.60. The number of hydrogen-bond donors (Lipinski definition) is 12. The fraction of sp³-hybridized carbons (Fsp3) is 0.786. The van der Waals surface area contributed by atoms with Gasteiger partial charge in [0.05, 0.1) is 63.7 Å². The van der Waals surface area contributed by atoms with Crippen LogP contribution in [-0.4, -0.2) is 119 Å². The minimum Gasteiger partial charge on any atom is -0.478 e. The fourth-order valence-electron chi connectivity index (χ4n) is 0.600. The zero-order chi connectivity index (χ0) is 24.3. The lowest BCUT2D eigenvalue weighted by atomic mass is 9.93. The summed E-state index contributed by atoms with van der Waals surface area (Å²) in [5.74, 6) is -0.935. The molecule has 0 fully saturated rings. The SMILES string of the molecule is C=C(C)C(=O)O.O=P(O)(O)O.OCC(CO)(CO)CO.OCC(CO)(CO)CO. The predicted octanol–water partition coefficient (Wildman–Crippen LogP) is -4.40. The molecule has 0 bridgehead atoms. The summed E-state index contributed by atoms with van der Waals surface area (Å²) in [6.07, 6.45) is 0. The molecule has 14 nitrogen and oxygen atoms in total. The maximum Gasteiger partial charge on any atom is 0.466 e. The summed E-state index contributed by atoms with van der Waals surface area (Å²) >= 11 is 0. The number of aliphatic hydroxyl groups excluding tert-OH is 8. The molecule has 0 radical (unpaired) electrons. The highest BCUT2D eigenvalue weighted by Crippen LogP contribution is 2.25. The molecule has 0 rings (SSSR count). The number of phosphoric acid groups is 1. The van der Waals surface area contributed by atoms with E-state index in [9.17, 15) is 4.79 Å². The predicted molar refractivity (Wildman–Crippen MR) is 98.3 cm³/mol. The van der Waals surface area contributed by atoms with Gasteiger partial charge in [0, 0.05) is 5.57 Å². The van der Waals surface area contributed by atoms with Crippen molar-refractivity contribution in [3.63, 3.8) is 0 Å². The maximum atomic E-state index is 9.60. The van der Waals surface area contributed by atoms with Crippen molar-refractivity contribution < 1.29 is 70.0 Å². The smallest absolute Gasteiger partial charge is 0.466 e. The van der Waals surface area contributed by atoms with Crippen LogP contribution in [0.5, 0.6) is 0 Å². The zero-order valence-corrected chi connectivity index (χ0v) is 16.9. The van der Waals surface area contributed by atoms with Crippen molar-refractivity contribution in [2.24, 2.45) is 10.8 Å². The van der Waals surface area contributed by atoms with Crippen molar-refractivity contribution in [3.8, 4) is 0 Å². The van der Waals surface area contributed by atoms with Crippen LogP contribution in [0.3, 0.4) is 0 Å². The Kier molecular flexibility index (Phi) is 23.2. The molecule has 0 amide bonds. The Labute approximate surface area is 167 Å². The second-order valence-corrected chi connectivity index (χ2v) is 6.89. The Morgan fingerprint density at radius 3 is 0.793 bits per heavy atom. The molecule has 0 spiro atoms. The van der Waals surface area contributed by atoms with Crippen molar-refractivity contribution in [2.45, 2.75) is 6.92 Å². The van der Waals surface area contributed by atoms with Crippen molar-refractivity contribution in [1.29, 1.82) is 0 Å². The third-order valence-electron chi connectivity index (χ3n) is 3.05. The lowest BCUT2D eigenvalue weighted by Gasteiger charge is -2.23. The highest BCUT2D eigenvalue weighted by atomic mass is 31.2. The molecule has 29 heavy (non-hydrogen) atoms. The molecule has 0 aromatic heterocycles. The van der Waals surface area contributed by atoms with E-state index in [1.165, 1.54) is 6.92 Å². The van der Waals surface area contributed by atoms with Crippen LogP contribution in [0.1, 0.15) is 6.92 Å². The lowest BCUT2D eigenvalue weighted by Crippen LogP contribution is -2.37. The molecule has 0 aromatic carbocycles. The second kappa shape index (κ2) is 19.0. The van der Waals surface area contributed by atoms with Gasteiger partial charge in [-0.2, -0.15) is 0 Å². The molecular weight excluding hydrogens is 423 g/mol. The van der Waals surface area contributed by atoms with Gasteiger partial charge in [-0.3, -0.25) is 0 Å². The Hall–Kier alpha value is -1.00. The van der Waals surface area contributed by atoms with E-state index in [0.717, 1.165) is 0 Å². The van der Waals surface area contributed by atoms with E-state index in [1.54, 1.807) is 0 Å². The molecule has 15 heteroatoms. The van der Waals surface area contributed by atoms with Crippen LogP contribution in [-0.2, 0) is 9.36 Å². The van der Waals surface area contributed by atoms with Gasteiger partial charge in [0.25, 0.3) is 0 Å². The van der Waals surface area contributed by atoms with Gasteiger partial charge < -0.3 is 60.6 Å². The molecule has 178 valence electrons. The average Bonchev–Trinajstić information content (AvgIpc) is 2.66. The van der Waals surface area contributed by atoms with Crippen LogP contribution in [0, 0.1) is 10.8 Å². The highest BCUT2D eigenvalue weighted by molar-refractivity contribution is 7.45. The largest absolute Gasteiger partial charge is 0.478 e. The van der Waals surface area contributed by atoms with Gasteiger partial charge in [0.15, 0.2) is 0 Å². The number of aliphatic carboxylic acids is 1. The van der Waals surface area contributed by atoms with E-state index in [0.29, 0.717) is 0 Å². The third kappa shape index (κ3) is 23.1. The molecular formula is C14H33O14P. The molecule has 0 aliphatic heterocycles. The summed E-state index contributed by atoms with van der Waals surface area (Å²) in [5.41, 5.74) is -2.05. The zero-order valence-electron chi connectivity index (χ0n) is 16.0. The van der Waals surface area contributed by atoms with Crippen LogP contribution in [0.15, 0.2) is 12.2 Å². The number of carbonyl (C=O) groups is 1. The number of hydrogen-bond acceptors (Lipinski definition) is 10. The van der Waals surface area contributed by atoms with Crippen LogP contribution in [0.2, 0.25) is 0 Å². The van der Waals surface area contributed by atoms with E-state index in [2.05, 4.69) is 6.58 Å². The first kappa shape index (κ1) is 35.4. The minimum atomic E-state index is -4.64. The molecule has 0 aromatic rings. The van der Waals surface area contributed by atoms with Crippen molar-refractivity contribution in [2.75, 3.05) is 52.9 Å². The first-order valence-corrected chi connectivity index (χ1v) is 9.24. The van der Waals surface area contributed by atoms with Crippen molar-refractivity contribution in [3.05, 3.63) is 12.2 Å². The Morgan fingerprint density at radius 1 is 0.690 bits per heavy atom. The third-order valence-corrected chi connectivity index (χ3v) is 3.05. The molecule has 12 N–H and O–H groups in total. The Bertz CT molecular complexity index is 380. The van der Waals surface area contributed by atoms with Crippen molar-refractivity contribution in [1.82, 2.24) is 0 Å². The molecule has 0 aliphatic rings. The fourth-order valence-corrected chi connectivity index (χ4v) is 0.600. The summed E-state index contributed by atoms with van der Waals surface area (Å²) in [6, 6.07) is 0.